The van der Waals surface area contributed by atoms with E-state index in [1.807, 2.05) is 38.1 Å². The fourth-order valence-corrected chi connectivity index (χ4v) is 5.56. The third-order valence-electron chi connectivity index (χ3n) is 6.43. The van der Waals surface area contributed by atoms with Crippen molar-refractivity contribution in [3.05, 3.63) is 63.6 Å². The lowest BCUT2D eigenvalue weighted by Crippen LogP contribution is -2.53. The molecule has 1 aliphatic rings. The highest BCUT2D eigenvalue weighted by Crippen LogP contribution is 2.29. The standard InChI is InChI=1S/C26H33Cl2N3O4S/c1-4-24(26(33)29-20-7-5-6-8-20)30(16-19-11-9-18(2)10-12-19)25(32)17-31(36(3,34)35)21-13-14-22(27)23(28)15-21/h9-15,20,24H,4-8,16-17H2,1-3H3,(H,29,33)/t24-/m1/s1. The number of sulfonamides is 1. The zero-order valence-electron chi connectivity index (χ0n) is 20.8. The van der Waals surface area contributed by atoms with Crippen LogP contribution >= 0.6 is 23.2 Å². The average molecular weight is 555 g/mol. The lowest BCUT2D eigenvalue weighted by molar-refractivity contribution is -0.140. The molecule has 0 spiro atoms. The highest BCUT2D eigenvalue weighted by Gasteiger charge is 2.33. The molecule has 3 rings (SSSR count). The van der Waals surface area contributed by atoms with Gasteiger partial charge < -0.3 is 10.2 Å². The topological polar surface area (TPSA) is 86.8 Å². The molecule has 0 saturated heterocycles. The van der Waals surface area contributed by atoms with Crippen LogP contribution in [0.5, 0.6) is 0 Å². The van der Waals surface area contributed by atoms with Crippen LogP contribution in [0.1, 0.15) is 50.2 Å². The molecule has 1 atom stereocenters. The number of anilines is 1. The van der Waals surface area contributed by atoms with Crippen LogP contribution in [0.4, 0.5) is 5.69 Å². The van der Waals surface area contributed by atoms with Gasteiger partial charge in [-0.1, -0.05) is 72.8 Å². The molecule has 1 N–H and O–H groups in total. The Labute approximate surface area is 223 Å². The molecule has 0 bridgehead atoms. The van der Waals surface area contributed by atoms with Gasteiger partial charge in [-0.3, -0.25) is 13.9 Å². The largest absolute Gasteiger partial charge is 0.352 e. The van der Waals surface area contributed by atoms with E-state index in [2.05, 4.69) is 5.32 Å². The number of benzene rings is 2. The first kappa shape index (κ1) is 28.3. The second kappa shape index (κ2) is 12.3. The Morgan fingerprint density at radius 1 is 1.06 bits per heavy atom. The summed E-state index contributed by atoms with van der Waals surface area (Å²) in [4.78, 5) is 28.5. The number of halogens is 2. The number of nitrogens with one attached hydrogen (secondary N) is 1. The average Bonchev–Trinajstić information content (AvgIpc) is 3.32. The van der Waals surface area contributed by atoms with Crippen LogP contribution in [-0.2, 0) is 26.2 Å². The predicted molar refractivity (Wildman–Crippen MR) is 145 cm³/mol. The SMILES string of the molecule is CC[C@H](C(=O)NC1CCCC1)N(Cc1ccc(C)cc1)C(=O)CN(c1ccc(Cl)c(Cl)c1)S(C)(=O)=O. The number of hydrogen-bond donors (Lipinski definition) is 1. The Balaban J connectivity index is 1.92. The lowest BCUT2D eigenvalue weighted by Gasteiger charge is -2.33. The Hall–Kier alpha value is -2.29. The van der Waals surface area contributed by atoms with Gasteiger partial charge in [-0.15, -0.1) is 0 Å². The summed E-state index contributed by atoms with van der Waals surface area (Å²) in [6.45, 7) is 3.52. The molecule has 2 aromatic rings. The minimum absolute atomic E-state index is 0.103. The summed E-state index contributed by atoms with van der Waals surface area (Å²) in [6.07, 6.45) is 5.40. The van der Waals surface area contributed by atoms with E-state index < -0.39 is 28.5 Å². The Bertz CT molecular complexity index is 1180. The molecule has 196 valence electrons. The summed E-state index contributed by atoms with van der Waals surface area (Å²) in [6, 6.07) is 11.4. The fourth-order valence-electron chi connectivity index (χ4n) is 4.43. The van der Waals surface area contributed by atoms with Gasteiger partial charge in [-0.25, -0.2) is 8.42 Å². The van der Waals surface area contributed by atoms with Crippen molar-refractivity contribution in [1.29, 1.82) is 0 Å². The molecular weight excluding hydrogens is 521 g/mol. The molecule has 2 amide bonds. The van der Waals surface area contributed by atoms with E-state index in [1.54, 1.807) is 0 Å². The van der Waals surface area contributed by atoms with Gasteiger partial charge in [0, 0.05) is 12.6 Å². The van der Waals surface area contributed by atoms with Crippen molar-refractivity contribution in [2.24, 2.45) is 0 Å². The van der Waals surface area contributed by atoms with E-state index in [0.29, 0.717) is 6.42 Å². The van der Waals surface area contributed by atoms with E-state index in [-0.39, 0.29) is 34.2 Å². The maximum absolute atomic E-state index is 13.7. The van der Waals surface area contributed by atoms with Crippen LogP contribution < -0.4 is 9.62 Å². The first-order chi connectivity index (χ1) is 17.0. The zero-order valence-corrected chi connectivity index (χ0v) is 23.2. The number of aryl methyl sites for hydroxylation is 1. The number of hydrogen-bond acceptors (Lipinski definition) is 4. The van der Waals surface area contributed by atoms with Crippen molar-refractivity contribution in [3.8, 4) is 0 Å². The van der Waals surface area contributed by atoms with Gasteiger partial charge in [-0.2, -0.15) is 0 Å². The van der Waals surface area contributed by atoms with Crippen molar-refractivity contribution in [3.63, 3.8) is 0 Å². The second-order valence-electron chi connectivity index (χ2n) is 9.29. The Morgan fingerprint density at radius 2 is 1.69 bits per heavy atom. The highest BCUT2D eigenvalue weighted by molar-refractivity contribution is 7.92. The number of carbonyl (C=O) groups is 2. The molecule has 0 unspecified atom stereocenters. The minimum atomic E-state index is -3.84. The molecule has 0 aliphatic heterocycles. The summed E-state index contributed by atoms with van der Waals surface area (Å²) < 4.78 is 26.4. The molecule has 0 heterocycles. The number of amides is 2. The first-order valence-electron chi connectivity index (χ1n) is 12.1. The van der Waals surface area contributed by atoms with E-state index in [4.69, 9.17) is 23.2 Å². The molecule has 1 fully saturated rings. The van der Waals surface area contributed by atoms with Gasteiger partial charge in [0.25, 0.3) is 0 Å². The predicted octanol–water partition coefficient (Wildman–Crippen LogP) is 4.93. The molecule has 36 heavy (non-hydrogen) atoms. The summed E-state index contributed by atoms with van der Waals surface area (Å²) in [7, 11) is -3.84. The van der Waals surface area contributed by atoms with Crippen LogP contribution in [0, 0.1) is 6.92 Å². The molecular formula is C26H33Cl2N3O4S. The minimum Gasteiger partial charge on any atom is -0.352 e. The summed E-state index contributed by atoms with van der Waals surface area (Å²) in [5.41, 5.74) is 2.14. The monoisotopic (exact) mass is 553 g/mol. The highest BCUT2D eigenvalue weighted by atomic mass is 35.5. The maximum Gasteiger partial charge on any atom is 0.244 e. The fraction of sp³-hybridized carbons (Fsp3) is 0.462. The van der Waals surface area contributed by atoms with Gasteiger partial charge >= 0.3 is 0 Å². The maximum atomic E-state index is 13.7. The summed E-state index contributed by atoms with van der Waals surface area (Å²) >= 11 is 12.1. The lowest BCUT2D eigenvalue weighted by atomic mass is 10.1. The second-order valence-corrected chi connectivity index (χ2v) is 12.0. The zero-order chi connectivity index (χ0) is 26.5. The van der Waals surface area contributed by atoms with Gasteiger partial charge in [-0.05, 0) is 49.9 Å². The van der Waals surface area contributed by atoms with Crippen LogP contribution in [0.3, 0.4) is 0 Å². The van der Waals surface area contributed by atoms with Gasteiger partial charge in [0.15, 0.2) is 0 Å². The molecule has 0 radical (unpaired) electrons. The molecule has 10 heteroatoms. The normalized spacial score (nSPS) is 14.9. The van der Waals surface area contributed by atoms with Crippen molar-refractivity contribution in [2.75, 3.05) is 17.1 Å². The molecule has 2 aromatic carbocycles. The molecule has 1 saturated carbocycles. The van der Waals surface area contributed by atoms with Crippen LogP contribution in [-0.4, -0.2) is 50.0 Å². The van der Waals surface area contributed by atoms with Crippen molar-refractivity contribution < 1.29 is 18.0 Å². The van der Waals surface area contributed by atoms with Crippen molar-refractivity contribution in [2.45, 2.75) is 64.6 Å². The van der Waals surface area contributed by atoms with Crippen molar-refractivity contribution >= 4 is 50.7 Å². The quantitative estimate of drug-likeness (QED) is 0.451. The van der Waals surface area contributed by atoms with E-state index in [9.17, 15) is 18.0 Å². The Morgan fingerprint density at radius 3 is 2.25 bits per heavy atom. The molecule has 0 aromatic heterocycles. The molecule has 1 aliphatic carbocycles. The van der Waals surface area contributed by atoms with Crippen LogP contribution in [0.2, 0.25) is 10.0 Å². The van der Waals surface area contributed by atoms with Gasteiger partial charge in [0.1, 0.15) is 12.6 Å². The Kier molecular flexibility index (Phi) is 9.66. The van der Waals surface area contributed by atoms with E-state index in [1.165, 1.54) is 23.1 Å². The smallest absolute Gasteiger partial charge is 0.244 e. The van der Waals surface area contributed by atoms with Crippen molar-refractivity contribution in [1.82, 2.24) is 10.2 Å². The summed E-state index contributed by atoms with van der Waals surface area (Å²) in [5.74, 6) is -0.703. The first-order valence-corrected chi connectivity index (χ1v) is 14.7. The number of nitrogens with zero attached hydrogens (tertiary/aromatic N) is 2. The van der Waals surface area contributed by atoms with Gasteiger partial charge in [0.2, 0.25) is 21.8 Å². The molecule has 7 nitrogen and oxygen atoms in total. The van der Waals surface area contributed by atoms with E-state index in [0.717, 1.165) is 47.4 Å². The van der Waals surface area contributed by atoms with Gasteiger partial charge in [0.05, 0.1) is 22.0 Å². The number of carbonyl (C=O) groups excluding carboxylic acids is 2. The number of rotatable bonds is 10. The van der Waals surface area contributed by atoms with E-state index >= 15 is 0 Å². The van der Waals surface area contributed by atoms with Crippen LogP contribution in [0.15, 0.2) is 42.5 Å². The third kappa shape index (κ3) is 7.37. The third-order valence-corrected chi connectivity index (χ3v) is 8.31. The summed E-state index contributed by atoms with van der Waals surface area (Å²) in [5, 5.41) is 3.54. The van der Waals surface area contributed by atoms with Crippen LogP contribution in [0.25, 0.3) is 0 Å².